The molecule has 0 saturated carbocycles. The number of hydrogen-bond acceptors (Lipinski definition) is 2. The van der Waals surface area contributed by atoms with Gasteiger partial charge in [-0.25, -0.2) is 8.78 Å². The lowest BCUT2D eigenvalue weighted by atomic mass is 10.2. The monoisotopic (exact) mass is 137 g/mol. The zero-order chi connectivity index (χ0) is 6.91. The number of hydrogen-bond donors (Lipinski definition) is 2. The van der Waals surface area contributed by atoms with Crippen LogP contribution in [0.25, 0.3) is 0 Å². The quantitative estimate of drug-likeness (QED) is 0.532. The van der Waals surface area contributed by atoms with Crippen LogP contribution in [0.2, 0.25) is 0 Å². The van der Waals surface area contributed by atoms with E-state index < -0.39 is 18.6 Å². The van der Waals surface area contributed by atoms with Crippen molar-refractivity contribution in [3.63, 3.8) is 0 Å². The molecule has 54 valence electrons. The van der Waals surface area contributed by atoms with Gasteiger partial charge < -0.3 is 10.4 Å². The van der Waals surface area contributed by atoms with Crippen molar-refractivity contribution in [1.29, 1.82) is 0 Å². The first-order chi connectivity index (χ1) is 4.17. The fourth-order valence-corrected chi connectivity index (χ4v) is 0.935. The number of nitrogens with one attached hydrogen (secondary N) is 1. The molecule has 0 aliphatic carbocycles. The lowest BCUT2D eigenvalue weighted by Gasteiger charge is -2.14. The van der Waals surface area contributed by atoms with E-state index in [1.54, 1.807) is 0 Å². The van der Waals surface area contributed by atoms with Crippen molar-refractivity contribution in [3.8, 4) is 0 Å². The molecule has 0 aromatic rings. The van der Waals surface area contributed by atoms with Gasteiger partial charge in [0.25, 0.3) is 5.92 Å². The smallest absolute Gasteiger partial charge is 0.266 e. The Kier molecular flexibility index (Phi) is 1.68. The highest BCUT2D eigenvalue weighted by atomic mass is 19.3. The highest BCUT2D eigenvalue weighted by Gasteiger charge is 2.42. The largest absolute Gasteiger partial charge is 0.395 e. The summed E-state index contributed by atoms with van der Waals surface area (Å²) in [5, 5.41) is 10.9. The summed E-state index contributed by atoms with van der Waals surface area (Å²) in [4.78, 5) is 0. The fraction of sp³-hybridized carbons (Fsp3) is 1.00. The minimum Gasteiger partial charge on any atom is -0.395 e. The van der Waals surface area contributed by atoms with Crippen LogP contribution in [0.3, 0.4) is 0 Å². The Bertz CT molecular complexity index is 107. The Morgan fingerprint density at radius 1 is 1.67 bits per heavy atom. The number of halogens is 2. The third kappa shape index (κ3) is 1.19. The van der Waals surface area contributed by atoms with E-state index in [1.165, 1.54) is 0 Å². The van der Waals surface area contributed by atoms with Crippen molar-refractivity contribution in [3.05, 3.63) is 0 Å². The van der Waals surface area contributed by atoms with Crippen LogP contribution in [-0.2, 0) is 0 Å². The molecule has 1 saturated heterocycles. The first-order valence-electron chi connectivity index (χ1n) is 2.89. The summed E-state index contributed by atoms with van der Waals surface area (Å²) in [5.41, 5.74) is 0. The standard InChI is InChI=1S/C5H9F2NO/c6-5(7)1-2-8-4(5)3-9/h4,8-9H,1-3H2/t4-/m0/s1. The van der Waals surface area contributed by atoms with E-state index in [1.807, 2.05) is 0 Å². The van der Waals surface area contributed by atoms with Gasteiger partial charge in [0.2, 0.25) is 0 Å². The van der Waals surface area contributed by atoms with Crippen LogP contribution in [-0.4, -0.2) is 30.2 Å². The normalized spacial score (nSPS) is 33.0. The summed E-state index contributed by atoms with van der Waals surface area (Å²) >= 11 is 0. The van der Waals surface area contributed by atoms with E-state index in [-0.39, 0.29) is 6.42 Å². The zero-order valence-corrected chi connectivity index (χ0v) is 4.90. The maximum Gasteiger partial charge on any atom is 0.266 e. The van der Waals surface area contributed by atoms with Gasteiger partial charge in [-0.2, -0.15) is 0 Å². The summed E-state index contributed by atoms with van der Waals surface area (Å²) < 4.78 is 24.8. The molecule has 9 heavy (non-hydrogen) atoms. The van der Waals surface area contributed by atoms with Gasteiger partial charge in [0.15, 0.2) is 0 Å². The maximum absolute atomic E-state index is 12.4. The molecule has 1 rings (SSSR count). The second kappa shape index (κ2) is 2.19. The first-order valence-corrected chi connectivity index (χ1v) is 2.89. The van der Waals surface area contributed by atoms with Crippen molar-refractivity contribution >= 4 is 0 Å². The highest BCUT2D eigenvalue weighted by molar-refractivity contribution is 4.89. The molecule has 1 fully saturated rings. The van der Waals surface area contributed by atoms with E-state index >= 15 is 0 Å². The summed E-state index contributed by atoms with van der Waals surface area (Å²) in [6.45, 7) is -0.175. The molecular formula is C5H9F2NO. The van der Waals surface area contributed by atoms with Crippen molar-refractivity contribution in [2.45, 2.75) is 18.4 Å². The number of rotatable bonds is 1. The van der Waals surface area contributed by atoms with E-state index in [2.05, 4.69) is 5.32 Å². The van der Waals surface area contributed by atoms with Gasteiger partial charge in [-0.1, -0.05) is 0 Å². The predicted molar refractivity (Wildman–Crippen MR) is 28.4 cm³/mol. The Morgan fingerprint density at radius 3 is 2.56 bits per heavy atom. The molecule has 0 amide bonds. The summed E-state index contributed by atoms with van der Waals surface area (Å²) in [6, 6.07) is -1.02. The molecule has 2 N–H and O–H groups in total. The first kappa shape index (κ1) is 6.89. The number of alkyl halides is 2. The van der Waals surface area contributed by atoms with Gasteiger partial charge in [-0.05, 0) is 0 Å². The molecule has 2 nitrogen and oxygen atoms in total. The van der Waals surface area contributed by atoms with Crippen molar-refractivity contribution in [2.75, 3.05) is 13.2 Å². The van der Waals surface area contributed by atoms with Crippen LogP contribution in [0.4, 0.5) is 8.78 Å². The predicted octanol–water partition coefficient (Wildman–Crippen LogP) is -0.0241. The van der Waals surface area contributed by atoms with Crippen molar-refractivity contribution in [2.24, 2.45) is 0 Å². The average Bonchev–Trinajstić information content (AvgIpc) is 2.08. The third-order valence-corrected chi connectivity index (χ3v) is 1.54. The Hall–Kier alpha value is -0.220. The maximum atomic E-state index is 12.4. The second-order valence-electron chi connectivity index (χ2n) is 2.20. The lowest BCUT2D eigenvalue weighted by Crippen LogP contribution is -2.38. The third-order valence-electron chi connectivity index (χ3n) is 1.54. The molecule has 0 spiro atoms. The molecule has 1 heterocycles. The summed E-state index contributed by atoms with van der Waals surface area (Å²) in [5.74, 6) is -2.70. The molecule has 1 aliphatic rings. The molecular weight excluding hydrogens is 128 g/mol. The fourth-order valence-electron chi connectivity index (χ4n) is 0.935. The van der Waals surface area contributed by atoms with Gasteiger partial charge in [0.1, 0.15) is 0 Å². The Morgan fingerprint density at radius 2 is 2.33 bits per heavy atom. The van der Waals surface area contributed by atoms with Gasteiger partial charge >= 0.3 is 0 Å². The van der Waals surface area contributed by atoms with Gasteiger partial charge in [-0.3, -0.25) is 0 Å². The van der Waals surface area contributed by atoms with Crippen LogP contribution in [0, 0.1) is 0 Å². The molecule has 1 aliphatic heterocycles. The Balaban J connectivity index is 2.52. The van der Waals surface area contributed by atoms with Gasteiger partial charge in [-0.15, -0.1) is 0 Å². The highest BCUT2D eigenvalue weighted by Crippen LogP contribution is 2.26. The molecule has 0 radical (unpaired) electrons. The lowest BCUT2D eigenvalue weighted by molar-refractivity contribution is -0.0263. The van der Waals surface area contributed by atoms with Crippen LogP contribution in [0.1, 0.15) is 6.42 Å². The van der Waals surface area contributed by atoms with Crippen LogP contribution >= 0.6 is 0 Å². The topological polar surface area (TPSA) is 32.3 Å². The van der Waals surface area contributed by atoms with Crippen LogP contribution < -0.4 is 5.32 Å². The summed E-state index contributed by atoms with van der Waals surface area (Å²) in [7, 11) is 0. The molecule has 0 aromatic carbocycles. The van der Waals surface area contributed by atoms with Gasteiger partial charge in [0, 0.05) is 13.0 Å². The van der Waals surface area contributed by atoms with Crippen LogP contribution in [0.15, 0.2) is 0 Å². The Labute approximate surface area is 51.9 Å². The molecule has 1 atom stereocenters. The summed E-state index contributed by atoms with van der Waals surface area (Å²) in [6.07, 6.45) is -0.155. The van der Waals surface area contributed by atoms with E-state index in [0.717, 1.165) is 0 Å². The molecule has 0 bridgehead atoms. The molecule has 0 unspecified atom stereocenters. The van der Waals surface area contributed by atoms with E-state index in [0.29, 0.717) is 6.54 Å². The van der Waals surface area contributed by atoms with Crippen molar-refractivity contribution in [1.82, 2.24) is 5.32 Å². The van der Waals surface area contributed by atoms with Crippen LogP contribution in [0.5, 0.6) is 0 Å². The van der Waals surface area contributed by atoms with E-state index in [4.69, 9.17) is 5.11 Å². The molecule has 4 heteroatoms. The SMILES string of the molecule is OC[C@@H]1NCCC1(F)F. The minimum absolute atomic E-state index is 0.155. The second-order valence-corrected chi connectivity index (χ2v) is 2.20. The zero-order valence-electron chi connectivity index (χ0n) is 4.90. The van der Waals surface area contributed by atoms with E-state index in [9.17, 15) is 8.78 Å². The number of aliphatic hydroxyl groups excluding tert-OH is 1. The number of aliphatic hydroxyl groups is 1. The van der Waals surface area contributed by atoms with Gasteiger partial charge in [0.05, 0.1) is 12.6 Å². The average molecular weight is 137 g/mol. The van der Waals surface area contributed by atoms with Crippen molar-refractivity contribution < 1.29 is 13.9 Å². The molecule has 0 aromatic heterocycles. The minimum atomic E-state index is -2.70.